The lowest BCUT2D eigenvalue weighted by molar-refractivity contribution is 0.731. The number of aliphatic imine (C=N–C) groups is 1. The molecule has 2 N–H and O–H groups in total. The van der Waals surface area contributed by atoms with Crippen LogP contribution in [0.4, 0.5) is 0 Å². The van der Waals surface area contributed by atoms with Gasteiger partial charge in [0.25, 0.3) is 0 Å². The van der Waals surface area contributed by atoms with Gasteiger partial charge in [0.15, 0.2) is 3.84 Å². The van der Waals surface area contributed by atoms with Crippen molar-refractivity contribution in [1.29, 1.82) is 0 Å². The van der Waals surface area contributed by atoms with Crippen LogP contribution in [0.15, 0.2) is 4.99 Å². The van der Waals surface area contributed by atoms with Crippen molar-refractivity contribution in [2.45, 2.75) is 0 Å². The van der Waals surface area contributed by atoms with Crippen molar-refractivity contribution in [3.63, 3.8) is 0 Å². The zero-order chi connectivity index (χ0) is 4.41. The van der Waals surface area contributed by atoms with Crippen LogP contribution in [0.2, 0.25) is 0 Å². The van der Waals surface area contributed by atoms with Gasteiger partial charge in [-0.1, -0.05) is 0 Å². The fourth-order valence-corrected chi connectivity index (χ4v) is 0.622. The van der Waals surface area contributed by atoms with Gasteiger partial charge < -0.3 is 0 Å². The molecule has 3 nitrogen and oxygen atoms in total. The highest BCUT2D eigenvalue weighted by Crippen LogP contribution is 1.86. The van der Waals surface area contributed by atoms with Crippen LogP contribution in [0, 0.1) is 0 Å². The van der Waals surface area contributed by atoms with Gasteiger partial charge in [-0.05, 0) is 0 Å². The highest BCUT2D eigenvalue weighted by Gasteiger charge is 1.94. The number of nitrogens with zero attached hydrogens (tertiary/aromatic N) is 1. The van der Waals surface area contributed by atoms with E-state index in [0.717, 1.165) is 3.84 Å². The summed E-state index contributed by atoms with van der Waals surface area (Å²) in [4.78, 5) is 3.92. The maximum atomic E-state index is 3.92. The number of nitrogens with one attached hydrogen (secondary N) is 2. The lowest BCUT2D eigenvalue weighted by Gasteiger charge is -1.85. The third kappa shape index (κ3) is 0.810. The summed E-state index contributed by atoms with van der Waals surface area (Å²) in [6.07, 6.45) is 0. The summed E-state index contributed by atoms with van der Waals surface area (Å²) in [7, 11) is 0. The Labute approximate surface area is 49.3 Å². The van der Waals surface area contributed by atoms with Gasteiger partial charge in [-0.25, -0.2) is 10.4 Å². The SMILES string of the molecule is IC1=NCNN1. The summed E-state index contributed by atoms with van der Waals surface area (Å²) in [5.41, 5.74) is 5.62. The van der Waals surface area contributed by atoms with E-state index in [0.29, 0.717) is 6.67 Å². The van der Waals surface area contributed by atoms with Crippen molar-refractivity contribution in [2.24, 2.45) is 4.99 Å². The number of hydrogen-bond acceptors (Lipinski definition) is 3. The molecule has 0 saturated carbocycles. The molecule has 0 radical (unpaired) electrons. The average Bonchev–Trinajstić information content (AvgIpc) is 1.86. The van der Waals surface area contributed by atoms with Crippen molar-refractivity contribution in [1.82, 2.24) is 10.9 Å². The van der Waals surface area contributed by atoms with E-state index in [2.05, 4.69) is 38.4 Å². The highest BCUT2D eigenvalue weighted by molar-refractivity contribution is 14.1. The third-order valence-electron chi connectivity index (χ3n) is 0.488. The Bertz CT molecular complexity index is 78.9. The van der Waals surface area contributed by atoms with E-state index in [1.54, 1.807) is 0 Å². The second-order valence-corrected chi connectivity index (χ2v) is 1.93. The summed E-state index contributed by atoms with van der Waals surface area (Å²) >= 11 is 2.11. The van der Waals surface area contributed by atoms with Crippen molar-refractivity contribution in [3.8, 4) is 0 Å². The first-order valence-corrected chi connectivity index (χ1v) is 2.66. The molecule has 0 aromatic rings. The number of amidine groups is 1. The molecule has 0 saturated heterocycles. The zero-order valence-electron chi connectivity index (χ0n) is 3.03. The summed E-state index contributed by atoms with van der Waals surface area (Å²) in [6.45, 7) is 0.707. The molecule has 1 aliphatic rings. The third-order valence-corrected chi connectivity index (χ3v) is 1.10. The summed E-state index contributed by atoms with van der Waals surface area (Å²) < 4.78 is 0.938. The normalized spacial score (nSPS) is 19.8. The van der Waals surface area contributed by atoms with E-state index in [9.17, 15) is 0 Å². The van der Waals surface area contributed by atoms with Crippen LogP contribution >= 0.6 is 22.6 Å². The predicted molar refractivity (Wildman–Crippen MR) is 32.6 cm³/mol. The average molecular weight is 197 g/mol. The molecule has 0 fully saturated rings. The van der Waals surface area contributed by atoms with Crippen molar-refractivity contribution in [2.75, 3.05) is 6.67 Å². The van der Waals surface area contributed by atoms with Gasteiger partial charge in [-0.15, -0.1) is 0 Å². The van der Waals surface area contributed by atoms with Gasteiger partial charge >= 0.3 is 0 Å². The van der Waals surface area contributed by atoms with Crippen LogP contribution in [0.3, 0.4) is 0 Å². The summed E-state index contributed by atoms with van der Waals surface area (Å²) in [5.74, 6) is 0. The van der Waals surface area contributed by atoms with Crippen molar-refractivity contribution < 1.29 is 0 Å². The Morgan fingerprint density at radius 1 is 1.83 bits per heavy atom. The second-order valence-electron chi connectivity index (χ2n) is 0.909. The first kappa shape index (κ1) is 4.32. The molecule has 0 spiro atoms. The predicted octanol–water partition coefficient (Wildman–Crippen LogP) is -0.157. The molecule has 4 heteroatoms. The molecular formula is C2H4IN3. The van der Waals surface area contributed by atoms with Crippen LogP contribution in [-0.2, 0) is 0 Å². The molecule has 0 unspecified atom stereocenters. The van der Waals surface area contributed by atoms with Crippen LogP contribution in [0.5, 0.6) is 0 Å². The van der Waals surface area contributed by atoms with Crippen LogP contribution in [0.25, 0.3) is 0 Å². The molecule has 0 amide bonds. The lowest BCUT2D eigenvalue weighted by Crippen LogP contribution is -2.26. The van der Waals surface area contributed by atoms with Crippen LogP contribution in [0.1, 0.15) is 0 Å². The molecule has 1 heterocycles. The highest BCUT2D eigenvalue weighted by atomic mass is 127. The molecule has 34 valence electrons. The number of hydrazine groups is 1. The van der Waals surface area contributed by atoms with E-state index in [1.807, 2.05) is 0 Å². The Morgan fingerprint density at radius 2 is 2.67 bits per heavy atom. The molecule has 0 atom stereocenters. The van der Waals surface area contributed by atoms with E-state index < -0.39 is 0 Å². The maximum absolute atomic E-state index is 3.92. The van der Waals surface area contributed by atoms with Gasteiger partial charge in [0.05, 0.1) is 0 Å². The standard InChI is InChI=1S/C2H4IN3/c3-2-4-1-5-6-2/h5H,1H2,(H,4,6). The molecule has 6 heavy (non-hydrogen) atoms. The van der Waals surface area contributed by atoms with Crippen molar-refractivity contribution >= 4 is 26.4 Å². The number of rotatable bonds is 0. The molecular weight excluding hydrogens is 193 g/mol. The van der Waals surface area contributed by atoms with Crippen LogP contribution in [-0.4, -0.2) is 10.5 Å². The number of halogens is 1. The first-order chi connectivity index (χ1) is 2.89. The maximum Gasteiger partial charge on any atom is 0.175 e. The summed E-state index contributed by atoms with van der Waals surface area (Å²) in [5, 5.41) is 0. The summed E-state index contributed by atoms with van der Waals surface area (Å²) in [6, 6.07) is 0. The molecule has 1 aliphatic heterocycles. The van der Waals surface area contributed by atoms with E-state index in [1.165, 1.54) is 0 Å². The molecule has 0 aromatic heterocycles. The minimum absolute atomic E-state index is 0.707. The minimum Gasteiger partial charge on any atom is -0.299 e. The minimum atomic E-state index is 0.707. The second kappa shape index (κ2) is 1.74. The smallest absolute Gasteiger partial charge is 0.175 e. The van der Waals surface area contributed by atoms with E-state index in [4.69, 9.17) is 0 Å². The monoisotopic (exact) mass is 197 g/mol. The quantitative estimate of drug-likeness (QED) is 0.418. The Kier molecular flexibility index (Phi) is 1.25. The van der Waals surface area contributed by atoms with Crippen molar-refractivity contribution in [3.05, 3.63) is 0 Å². The van der Waals surface area contributed by atoms with Gasteiger partial charge in [0, 0.05) is 22.6 Å². The van der Waals surface area contributed by atoms with E-state index in [-0.39, 0.29) is 0 Å². The first-order valence-electron chi connectivity index (χ1n) is 1.58. The fourth-order valence-electron chi connectivity index (χ4n) is 0.261. The largest absolute Gasteiger partial charge is 0.299 e. The lowest BCUT2D eigenvalue weighted by atomic mass is 11.2. The van der Waals surface area contributed by atoms with Gasteiger partial charge in [-0.2, -0.15) is 0 Å². The van der Waals surface area contributed by atoms with E-state index >= 15 is 0 Å². The zero-order valence-corrected chi connectivity index (χ0v) is 5.19. The van der Waals surface area contributed by atoms with Gasteiger partial charge in [0.1, 0.15) is 6.67 Å². The fraction of sp³-hybridized carbons (Fsp3) is 0.500. The molecule has 0 aliphatic carbocycles. The molecule has 0 bridgehead atoms. The Balaban J connectivity index is 2.45. The van der Waals surface area contributed by atoms with Gasteiger partial charge in [-0.3, -0.25) is 5.43 Å². The molecule has 0 aromatic carbocycles. The van der Waals surface area contributed by atoms with Gasteiger partial charge in [0.2, 0.25) is 0 Å². The Morgan fingerprint density at radius 3 is 2.83 bits per heavy atom. The Hall–Kier alpha value is 0.160. The van der Waals surface area contributed by atoms with Crippen LogP contribution < -0.4 is 10.9 Å². The topological polar surface area (TPSA) is 36.4 Å². The number of hydrogen-bond donors (Lipinski definition) is 2. The molecule has 1 rings (SSSR count).